The van der Waals surface area contributed by atoms with E-state index in [1.165, 1.54) is 12.7 Å². The number of ether oxygens (including phenoxy) is 1. The summed E-state index contributed by atoms with van der Waals surface area (Å²) in [7, 11) is -3.18. The number of nitrogens with one attached hydrogen (secondary N) is 2. The summed E-state index contributed by atoms with van der Waals surface area (Å²) < 4.78 is 28.5. The zero-order valence-corrected chi connectivity index (χ0v) is 17.4. The first kappa shape index (κ1) is 22.3. The summed E-state index contributed by atoms with van der Waals surface area (Å²) in [6.07, 6.45) is 3.47. The third kappa shape index (κ3) is 9.08. The van der Waals surface area contributed by atoms with E-state index in [-0.39, 0.29) is 4.90 Å². The molecule has 1 unspecified atom stereocenters. The number of guanidine groups is 1. The van der Waals surface area contributed by atoms with Gasteiger partial charge in [0.05, 0.1) is 11.4 Å². The Hall–Kier alpha value is -1.76. The molecule has 1 aromatic rings. The third-order valence-electron chi connectivity index (χ3n) is 3.79. The van der Waals surface area contributed by atoms with Crippen LogP contribution in [0.3, 0.4) is 0 Å². The van der Waals surface area contributed by atoms with Gasteiger partial charge in [-0.2, -0.15) is 0 Å². The SMILES string of the molecule is CCNC(=NCCOc1ccc(S(C)(=O)=O)cc1)NC(C)CCC(C)C. The zero-order chi connectivity index (χ0) is 19.6. The van der Waals surface area contributed by atoms with Gasteiger partial charge in [-0.1, -0.05) is 13.8 Å². The van der Waals surface area contributed by atoms with E-state index < -0.39 is 9.84 Å². The van der Waals surface area contributed by atoms with Gasteiger partial charge < -0.3 is 15.4 Å². The largest absolute Gasteiger partial charge is 0.492 e. The maximum absolute atomic E-state index is 11.4. The second kappa shape index (κ2) is 11.1. The summed E-state index contributed by atoms with van der Waals surface area (Å²) in [5, 5.41) is 6.65. The third-order valence-corrected chi connectivity index (χ3v) is 4.91. The van der Waals surface area contributed by atoms with Crippen LogP contribution in [-0.2, 0) is 9.84 Å². The van der Waals surface area contributed by atoms with Gasteiger partial charge in [0.1, 0.15) is 12.4 Å². The van der Waals surface area contributed by atoms with E-state index in [2.05, 4.69) is 36.4 Å². The molecule has 0 radical (unpaired) electrons. The molecule has 2 N–H and O–H groups in total. The second-order valence-electron chi connectivity index (χ2n) is 6.87. The molecule has 0 aromatic heterocycles. The number of sulfone groups is 1. The fraction of sp³-hybridized carbons (Fsp3) is 0.632. The molecule has 1 atom stereocenters. The van der Waals surface area contributed by atoms with Crippen LogP contribution in [0.15, 0.2) is 34.2 Å². The molecule has 0 amide bonds. The van der Waals surface area contributed by atoms with Gasteiger partial charge in [0.25, 0.3) is 0 Å². The second-order valence-corrected chi connectivity index (χ2v) is 8.89. The van der Waals surface area contributed by atoms with E-state index in [0.717, 1.165) is 18.9 Å². The maximum atomic E-state index is 11.4. The van der Waals surface area contributed by atoms with Gasteiger partial charge in [-0.05, 0) is 56.9 Å². The number of aliphatic imine (C=N–C) groups is 1. The van der Waals surface area contributed by atoms with Crippen LogP contribution >= 0.6 is 0 Å². The molecule has 6 nitrogen and oxygen atoms in total. The monoisotopic (exact) mass is 383 g/mol. The summed E-state index contributed by atoms with van der Waals surface area (Å²) in [6, 6.07) is 6.79. The van der Waals surface area contributed by atoms with Crippen LogP contribution in [0.2, 0.25) is 0 Å². The molecule has 1 aromatic carbocycles. The van der Waals surface area contributed by atoms with Crippen molar-refractivity contribution in [1.82, 2.24) is 10.6 Å². The molecule has 0 saturated carbocycles. The average molecular weight is 384 g/mol. The lowest BCUT2D eigenvalue weighted by Gasteiger charge is -2.18. The lowest BCUT2D eigenvalue weighted by atomic mass is 10.0. The van der Waals surface area contributed by atoms with Crippen LogP contribution in [0.1, 0.15) is 40.5 Å². The fourth-order valence-corrected chi connectivity index (χ4v) is 2.94. The van der Waals surface area contributed by atoms with Crippen LogP contribution in [0, 0.1) is 5.92 Å². The molecule has 0 bridgehead atoms. The molecule has 0 aliphatic rings. The Morgan fingerprint density at radius 3 is 2.35 bits per heavy atom. The highest BCUT2D eigenvalue weighted by Gasteiger charge is 2.07. The fourth-order valence-electron chi connectivity index (χ4n) is 2.31. The highest BCUT2D eigenvalue weighted by atomic mass is 32.2. The van der Waals surface area contributed by atoms with Crippen molar-refractivity contribution >= 4 is 15.8 Å². The molecule has 7 heteroatoms. The van der Waals surface area contributed by atoms with Gasteiger partial charge in [-0.15, -0.1) is 0 Å². The van der Waals surface area contributed by atoms with Crippen LogP contribution in [0.5, 0.6) is 5.75 Å². The van der Waals surface area contributed by atoms with Crippen LogP contribution < -0.4 is 15.4 Å². The van der Waals surface area contributed by atoms with Crippen molar-refractivity contribution in [2.24, 2.45) is 10.9 Å². The van der Waals surface area contributed by atoms with Crippen molar-refractivity contribution in [3.63, 3.8) is 0 Å². The first-order valence-electron chi connectivity index (χ1n) is 9.20. The summed E-state index contributed by atoms with van der Waals surface area (Å²) in [4.78, 5) is 4.81. The van der Waals surface area contributed by atoms with Gasteiger partial charge in [0.15, 0.2) is 15.8 Å². The number of nitrogens with zero attached hydrogens (tertiary/aromatic N) is 1. The van der Waals surface area contributed by atoms with Crippen LogP contribution in [0.25, 0.3) is 0 Å². The lowest BCUT2D eigenvalue weighted by molar-refractivity contribution is 0.328. The molecule has 0 fully saturated rings. The first-order chi connectivity index (χ1) is 12.2. The van der Waals surface area contributed by atoms with Gasteiger partial charge >= 0.3 is 0 Å². The highest BCUT2D eigenvalue weighted by Crippen LogP contribution is 2.15. The summed E-state index contributed by atoms with van der Waals surface area (Å²) in [5.41, 5.74) is 0. The maximum Gasteiger partial charge on any atom is 0.191 e. The van der Waals surface area contributed by atoms with E-state index >= 15 is 0 Å². The van der Waals surface area contributed by atoms with Crippen molar-refractivity contribution in [2.75, 3.05) is 26.0 Å². The average Bonchev–Trinajstić information content (AvgIpc) is 2.56. The van der Waals surface area contributed by atoms with Gasteiger partial charge in [-0.25, -0.2) is 13.4 Å². The van der Waals surface area contributed by atoms with Crippen molar-refractivity contribution in [1.29, 1.82) is 0 Å². The highest BCUT2D eigenvalue weighted by molar-refractivity contribution is 7.90. The normalized spacial score (nSPS) is 13.5. The van der Waals surface area contributed by atoms with Crippen LogP contribution in [-0.4, -0.2) is 46.4 Å². The number of hydrogen-bond acceptors (Lipinski definition) is 4. The minimum Gasteiger partial charge on any atom is -0.492 e. The molecule has 0 aliphatic heterocycles. The van der Waals surface area contributed by atoms with E-state index in [1.54, 1.807) is 24.3 Å². The Morgan fingerprint density at radius 1 is 1.15 bits per heavy atom. The molecular weight excluding hydrogens is 350 g/mol. The Kier molecular flexibility index (Phi) is 9.48. The quantitative estimate of drug-likeness (QED) is 0.369. The minimum atomic E-state index is -3.18. The summed E-state index contributed by atoms with van der Waals surface area (Å²) in [5.74, 6) is 2.12. The number of benzene rings is 1. The molecule has 0 saturated heterocycles. The Labute approximate surface area is 158 Å². The number of hydrogen-bond donors (Lipinski definition) is 2. The smallest absolute Gasteiger partial charge is 0.191 e. The summed E-state index contributed by atoms with van der Waals surface area (Å²) >= 11 is 0. The van der Waals surface area contributed by atoms with Crippen molar-refractivity contribution in [2.45, 2.75) is 51.5 Å². The number of rotatable bonds is 10. The summed E-state index contributed by atoms with van der Waals surface area (Å²) in [6.45, 7) is 10.4. The van der Waals surface area contributed by atoms with Gasteiger partial charge in [0, 0.05) is 18.8 Å². The van der Waals surface area contributed by atoms with Crippen molar-refractivity contribution in [3.05, 3.63) is 24.3 Å². The Bertz CT molecular complexity index is 655. The van der Waals surface area contributed by atoms with E-state index in [1.807, 2.05) is 6.92 Å². The Balaban J connectivity index is 2.47. The standard InChI is InChI=1S/C19H33N3O3S/c1-6-20-19(22-16(4)8-7-15(2)3)21-13-14-25-17-9-11-18(12-10-17)26(5,23)24/h9-12,15-16H,6-8,13-14H2,1-5H3,(H2,20,21,22). The molecule has 0 spiro atoms. The Morgan fingerprint density at radius 2 is 1.81 bits per heavy atom. The topological polar surface area (TPSA) is 79.8 Å². The zero-order valence-electron chi connectivity index (χ0n) is 16.6. The molecule has 0 heterocycles. The van der Waals surface area contributed by atoms with E-state index in [4.69, 9.17) is 4.74 Å². The molecule has 1 rings (SSSR count). The predicted molar refractivity (Wildman–Crippen MR) is 108 cm³/mol. The van der Waals surface area contributed by atoms with Gasteiger partial charge in [0.2, 0.25) is 0 Å². The van der Waals surface area contributed by atoms with Crippen molar-refractivity contribution < 1.29 is 13.2 Å². The minimum absolute atomic E-state index is 0.289. The lowest BCUT2D eigenvalue weighted by Crippen LogP contribution is -2.42. The molecular formula is C19H33N3O3S. The van der Waals surface area contributed by atoms with E-state index in [9.17, 15) is 8.42 Å². The predicted octanol–water partition coefficient (Wildman–Crippen LogP) is 2.85. The van der Waals surface area contributed by atoms with Gasteiger partial charge in [-0.3, -0.25) is 0 Å². The molecule has 0 aliphatic carbocycles. The molecule has 148 valence electrons. The van der Waals surface area contributed by atoms with E-state index in [0.29, 0.717) is 30.9 Å². The van der Waals surface area contributed by atoms with Crippen LogP contribution in [0.4, 0.5) is 0 Å². The molecule has 26 heavy (non-hydrogen) atoms. The van der Waals surface area contributed by atoms with Crippen molar-refractivity contribution in [3.8, 4) is 5.75 Å². The first-order valence-corrected chi connectivity index (χ1v) is 11.1.